The SMILES string of the molecule is Cc1ccc(NC2CCC(C)CC2)nc1. The predicted molar refractivity (Wildman–Crippen MR) is 64.0 cm³/mol. The first kappa shape index (κ1) is 10.5. The van der Waals surface area contributed by atoms with Crippen LogP contribution in [0.15, 0.2) is 18.3 Å². The third kappa shape index (κ3) is 2.95. The number of aryl methyl sites for hydroxylation is 1. The zero-order chi connectivity index (χ0) is 10.7. The van der Waals surface area contributed by atoms with E-state index in [4.69, 9.17) is 0 Å². The molecular weight excluding hydrogens is 184 g/mol. The van der Waals surface area contributed by atoms with Gasteiger partial charge in [-0.3, -0.25) is 0 Å². The van der Waals surface area contributed by atoms with Crippen LogP contribution in [0, 0.1) is 12.8 Å². The van der Waals surface area contributed by atoms with Crippen molar-refractivity contribution in [3.8, 4) is 0 Å². The molecule has 0 bridgehead atoms. The second-order valence-corrected chi connectivity index (χ2v) is 4.82. The van der Waals surface area contributed by atoms with E-state index in [0.29, 0.717) is 6.04 Å². The van der Waals surface area contributed by atoms with Crippen molar-refractivity contribution < 1.29 is 0 Å². The van der Waals surface area contributed by atoms with Gasteiger partial charge in [0.15, 0.2) is 0 Å². The maximum absolute atomic E-state index is 4.38. The van der Waals surface area contributed by atoms with Crippen LogP contribution in [0.2, 0.25) is 0 Å². The van der Waals surface area contributed by atoms with Crippen molar-refractivity contribution in [2.45, 2.75) is 45.6 Å². The average Bonchev–Trinajstić information content (AvgIpc) is 2.25. The molecule has 2 nitrogen and oxygen atoms in total. The van der Waals surface area contributed by atoms with Crippen molar-refractivity contribution in [1.29, 1.82) is 0 Å². The molecule has 1 saturated carbocycles. The summed E-state index contributed by atoms with van der Waals surface area (Å²) in [5.41, 5.74) is 1.22. The highest BCUT2D eigenvalue weighted by Crippen LogP contribution is 2.25. The Bertz CT molecular complexity index is 297. The lowest BCUT2D eigenvalue weighted by molar-refractivity contribution is 0.361. The lowest BCUT2D eigenvalue weighted by Crippen LogP contribution is -2.25. The van der Waals surface area contributed by atoms with E-state index in [9.17, 15) is 0 Å². The summed E-state index contributed by atoms with van der Waals surface area (Å²) in [6, 6.07) is 4.82. The molecule has 0 aliphatic heterocycles. The number of hydrogen-bond donors (Lipinski definition) is 1. The van der Waals surface area contributed by atoms with E-state index in [2.05, 4.69) is 36.3 Å². The molecule has 0 amide bonds. The molecule has 1 aliphatic carbocycles. The molecule has 82 valence electrons. The van der Waals surface area contributed by atoms with Crippen molar-refractivity contribution in [2.24, 2.45) is 5.92 Å². The predicted octanol–water partition coefficient (Wildman–Crippen LogP) is 3.38. The van der Waals surface area contributed by atoms with Crippen LogP contribution in [0.3, 0.4) is 0 Å². The summed E-state index contributed by atoms with van der Waals surface area (Å²) < 4.78 is 0. The largest absolute Gasteiger partial charge is 0.367 e. The molecule has 15 heavy (non-hydrogen) atoms. The molecule has 0 unspecified atom stereocenters. The lowest BCUT2D eigenvalue weighted by atomic mass is 9.87. The number of nitrogens with one attached hydrogen (secondary N) is 1. The van der Waals surface area contributed by atoms with Crippen LogP contribution in [0.1, 0.15) is 38.2 Å². The third-order valence-electron chi connectivity index (χ3n) is 3.28. The molecule has 2 heteroatoms. The molecule has 1 aromatic heterocycles. The molecule has 0 spiro atoms. The molecule has 0 atom stereocenters. The molecule has 1 aromatic rings. The Morgan fingerprint density at radius 2 is 1.93 bits per heavy atom. The standard InChI is InChI=1S/C13H20N2/c1-10-3-6-12(7-4-10)15-13-8-5-11(2)9-14-13/h5,8-10,12H,3-4,6-7H2,1-2H3,(H,14,15). The van der Waals surface area contributed by atoms with Gasteiger partial charge in [-0.25, -0.2) is 4.98 Å². The van der Waals surface area contributed by atoms with E-state index in [1.807, 2.05) is 6.20 Å². The van der Waals surface area contributed by atoms with E-state index in [1.54, 1.807) is 0 Å². The second kappa shape index (κ2) is 4.65. The molecule has 1 aliphatic rings. The van der Waals surface area contributed by atoms with Gasteiger partial charge in [0.25, 0.3) is 0 Å². The fourth-order valence-corrected chi connectivity index (χ4v) is 2.17. The van der Waals surface area contributed by atoms with Gasteiger partial charge in [0.05, 0.1) is 0 Å². The fourth-order valence-electron chi connectivity index (χ4n) is 2.17. The van der Waals surface area contributed by atoms with Gasteiger partial charge in [0.1, 0.15) is 5.82 Å². The smallest absolute Gasteiger partial charge is 0.126 e. The molecule has 0 aromatic carbocycles. The van der Waals surface area contributed by atoms with Gasteiger partial charge >= 0.3 is 0 Å². The Labute approximate surface area is 92.1 Å². The van der Waals surface area contributed by atoms with Crippen molar-refractivity contribution in [2.75, 3.05) is 5.32 Å². The number of hydrogen-bond acceptors (Lipinski definition) is 2. The van der Waals surface area contributed by atoms with E-state index in [1.165, 1.54) is 31.2 Å². The first-order valence-corrected chi connectivity index (χ1v) is 5.93. The highest BCUT2D eigenvalue weighted by molar-refractivity contribution is 5.36. The molecular formula is C13H20N2. The minimum Gasteiger partial charge on any atom is -0.367 e. The second-order valence-electron chi connectivity index (χ2n) is 4.82. The van der Waals surface area contributed by atoms with Crippen LogP contribution in [-0.2, 0) is 0 Å². The summed E-state index contributed by atoms with van der Waals surface area (Å²) in [5.74, 6) is 1.94. The van der Waals surface area contributed by atoms with Crippen LogP contribution in [0.5, 0.6) is 0 Å². The van der Waals surface area contributed by atoms with Gasteiger partial charge in [-0.2, -0.15) is 0 Å². The molecule has 1 heterocycles. The number of anilines is 1. The van der Waals surface area contributed by atoms with Crippen LogP contribution < -0.4 is 5.32 Å². The topological polar surface area (TPSA) is 24.9 Å². The quantitative estimate of drug-likeness (QED) is 0.798. The first-order chi connectivity index (χ1) is 7.24. The van der Waals surface area contributed by atoms with E-state index in [0.717, 1.165) is 11.7 Å². The zero-order valence-corrected chi connectivity index (χ0v) is 9.66. The maximum atomic E-state index is 4.38. The van der Waals surface area contributed by atoms with Crippen LogP contribution >= 0.6 is 0 Å². The summed E-state index contributed by atoms with van der Waals surface area (Å²) in [4.78, 5) is 4.38. The van der Waals surface area contributed by atoms with E-state index in [-0.39, 0.29) is 0 Å². The van der Waals surface area contributed by atoms with Crippen molar-refractivity contribution >= 4 is 5.82 Å². The molecule has 2 rings (SSSR count). The Kier molecular flexibility index (Phi) is 3.24. The minimum atomic E-state index is 0.636. The molecule has 1 fully saturated rings. The molecule has 0 radical (unpaired) electrons. The third-order valence-corrected chi connectivity index (χ3v) is 3.28. The summed E-state index contributed by atoms with van der Waals surface area (Å²) in [7, 11) is 0. The Morgan fingerprint density at radius 1 is 1.20 bits per heavy atom. The number of nitrogens with zero attached hydrogens (tertiary/aromatic N) is 1. The first-order valence-electron chi connectivity index (χ1n) is 5.93. The Hall–Kier alpha value is -1.05. The van der Waals surface area contributed by atoms with Gasteiger partial charge < -0.3 is 5.32 Å². The van der Waals surface area contributed by atoms with Crippen molar-refractivity contribution in [3.63, 3.8) is 0 Å². The summed E-state index contributed by atoms with van der Waals surface area (Å²) >= 11 is 0. The molecule has 1 N–H and O–H groups in total. The average molecular weight is 204 g/mol. The lowest BCUT2D eigenvalue weighted by Gasteiger charge is -2.27. The monoisotopic (exact) mass is 204 g/mol. The highest BCUT2D eigenvalue weighted by Gasteiger charge is 2.17. The summed E-state index contributed by atoms with van der Waals surface area (Å²) in [5, 5.41) is 3.52. The number of aromatic nitrogens is 1. The van der Waals surface area contributed by atoms with Gasteiger partial charge in [0, 0.05) is 12.2 Å². The van der Waals surface area contributed by atoms with Crippen LogP contribution in [0.25, 0.3) is 0 Å². The number of pyridine rings is 1. The normalized spacial score (nSPS) is 26.3. The maximum Gasteiger partial charge on any atom is 0.126 e. The summed E-state index contributed by atoms with van der Waals surface area (Å²) in [6.45, 7) is 4.42. The van der Waals surface area contributed by atoms with Gasteiger partial charge in [-0.15, -0.1) is 0 Å². The van der Waals surface area contributed by atoms with E-state index >= 15 is 0 Å². The van der Waals surface area contributed by atoms with Crippen LogP contribution in [-0.4, -0.2) is 11.0 Å². The van der Waals surface area contributed by atoms with Gasteiger partial charge in [-0.1, -0.05) is 13.0 Å². The van der Waals surface area contributed by atoms with E-state index < -0.39 is 0 Å². The number of rotatable bonds is 2. The van der Waals surface area contributed by atoms with Crippen molar-refractivity contribution in [3.05, 3.63) is 23.9 Å². The van der Waals surface area contributed by atoms with Crippen LogP contribution in [0.4, 0.5) is 5.82 Å². The van der Waals surface area contributed by atoms with Gasteiger partial charge in [0.2, 0.25) is 0 Å². The molecule has 0 saturated heterocycles. The zero-order valence-electron chi connectivity index (χ0n) is 9.66. The Morgan fingerprint density at radius 3 is 2.53 bits per heavy atom. The van der Waals surface area contributed by atoms with Crippen molar-refractivity contribution in [1.82, 2.24) is 4.98 Å². The highest BCUT2D eigenvalue weighted by atomic mass is 15.0. The summed E-state index contributed by atoms with van der Waals surface area (Å²) in [6.07, 6.45) is 7.20. The van der Waals surface area contributed by atoms with Gasteiger partial charge in [-0.05, 0) is 50.2 Å². The fraction of sp³-hybridized carbons (Fsp3) is 0.615. The Balaban J connectivity index is 1.89. The minimum absolute atomic E-state index is 0.636.